The van der Waals surface area contributed by atoms with Gasteiger partial charge in [0.2, 0.25) is 5.91 Å². The van der Waals surface area contributed by atoms with Crippen molar-refractivity contribution in [1.82, 2.24) is 14.7 Å². The summed E-state index contributed by atoms with van der Waals surface area (Å²) in [5.74, 6) is 1.09. The molecule has 1 aliphatic carbocycles. The first-order valence-corrected chi connectivity index (χ1v) is 10.9. The second-order valence-electron chi connectivity index (χ2n) is 9.24. The summed E-state index contributed by atoms with van der Waals surface area (Å²) in [6.07, 6.45) is 6.78. The molecule has 3 fully saturated rings. The number of rotatable bonds is 4. The maximum absolute atomic E-state index is 13.9. The third-order valence-corrected chi connectivity index (χ3v) is 7.08. The average Bonchev–Trinajstić information content (AvgIpc) is 3.41. The number of carbonyl (C=O) groups is 2. The summed E-state index contributed by atoms with van der Waals surface area (Å²) in [5.41, 5.74) is 0.827. The molecule has 4 rings (SSSR count). The van der Waals surface area contributed by atoms with Crippen LogP contribution < -0.4 is 0 Å². The summed E-state index contributed by atoms with van der Waals surface area (Å²) in [5, 5.41) is 0. The molecule has 1 aromatic rings. The zero-order valence-corrected chi connectivity index (χ0v) is 17.5. The Kier molecular flexibility index (Phi) is 5.79. The van der Waals surface area contributed by atoms with E-state index in [4.69, 9.17) is 0 Å². The Bertz CT molecular complexity index is 762. The fourth-order valence-corrected chi connectivity index (χ4v) is 5.60. The first kappa shape index (κ1) is 20.2. The molecule has 6 heteroatoms. The number of amides is 3. The third-order valence-electron chi connectivity index (χ3n) is 7.08. The first-order chi connectivity index (χ1) is 13.9. The van der Waals surface area contributed by atoms with Crippen molar-refractivity contribution < 1.29 is 14.0 Å². The number of halogens is 1. The molecule has 3 atom stereocenters. The van der Waals surface area contributed by atoms with Crippen molar-refractivity contribution in [3.8, 4) is 0 Å². The molecule has 1 aromatic carbocycles. The molecule has 0 spiro atoms. The minimum atomic E-state index is -0.286. The summed E-state index contributed by atoms with van der Waals surface area (Å²) < 4.78 is 13.9. The molecule has 2 saturated heterocycles. The van der Waals surface area contributed by atoms with Gasteiger partial charge in [-0.15, -0.1) is 0 Å². The standard InChI is InChI=1S/C23H32FN3O2/c1-25(2)23(29)27-14-18-13-26(21(28)11-10-16-6-3-4-7-16)15-20(18)22(27)17-8-5-9-19(24)12-17/h5,8-9,12,16,18,20,22H,3-4,6-7,10-11,13-15H2,1-2H3/t18-,20-,22+/m1/s1. The summed E-state index contributed by atoms with van der Waals surface area (Å²) in [7, 11) is 3.50. The molecule has 3 aliphatic rings. The molecule has 29 heavy (non-hydrogen) atoms. The van der Waals surface area contributed by atoms with Gasteiger partial charge in [0.1, 0.15) is 5.82 Å². The molecule has 2 heterocycles. The van der Waals surface area contributed by atoms with E-state index in [0.29, 0.717) is 32.0 Å². The Labute approximate surface area is 172 Å². The van der Waals surface area contributed by atoms with Gasteiger partial charge in [-0.25, -0.2) is 9.18 Å². The second-order valence-corrected chi connectivity index (χ2v) is 9.24. The van der Waals surface area contributed by atoms with Crippen LogP contribution in [0.3, 0.4) is 0 Å². The monoisotopic (exact) mass is 401 g/mol. The van der Waals surface area contributed by atoms with Crippen molar-refractivity contribution in [2.75, 3.05) is 33.7 Å². The lowest BCUT2D eigenvalue weighted by Crippen LogP contribution is -2.42. The predicted molar refractivity (Wildman–Crippen MR) is 110 cm³/mol. The number of hydrogen-bond acceptors (Lipinski definition) is 2. The topological polar surface area (TPSA) is 43.9 Å². The summed E-state index contributed by atoms with van der Waals surface area (Å²) in [6, 6.07) is 6.34. The number of hydrogen-bond donors (Lipinski definition) is 0. The van der Waals surface area contributed by atoms with E-state index in [1.54, 1.807) is 25.1 Å². The van der Waals surface area contributed by atoms with E-state index < -0.39 is 0 Å². The highest BCUT2D eigenvalue weighted by atomic mass is 19.1. The van der Waals surface area contributed by atoms with E-state index in [2.05, 4.69) is 0 Å². The van der Waals surface area contributed by atoms with Crippen LogP contribution in [0, 0.1) is 23.6 Å². The lowest BCUT2D eigenvalue weighted by molar-refractivity contribution is -0.130. The van der Waals surface area contributed by atoms with Crippen LogP contribution in [-0.4, -0.2) is 60.4 Å². The maximum Gasteiger partial charge on any atom is 0.320 e. The van der Waals surface area contributed by atoms with Gasteiger partial charge in [0.25, 0.3) is 0 Å². The van der Waals surface area contributed by atoms with Gasteiger partial charge >= 0.3 is 6.03 Å². The third kappa shape index (κ3) is 4.12. The van der Waals surface area contributed by atoms with Crippen LogP contribution in [0.1, 0.15) is 50.1 Å². The van der Waals surface area contributed by atoms with Crippen molar-refractivity contribution in [3.05, 3.63) is 35.6 Å². The van der Waals surface area contributed by atoms with Crippen LogP contribution in [0.15, 0.2) is 24.3 Å². The summed E-state index contributed by atoms with van der Waals surface area (Å²) in [6.45, 7) is 1.99. The average molecular weight is 402 g/mol. The Balaban J connectivity index is 1.48. The van der Waals surface area contributed by atoms with Crippen molar-refractivity contribution in [3.63, 3.8) is 0 Å². The normalized spacial score (nSPS) is 26.8. The van der Waals surface area contributed by atoms with Gasteiger partial charge < -0.3 is 14.7 Å². The number of nitrogens with zero attached hydrogens (tertiary/aromatic N) is 3. The van der Waals surface area contributed by atoms with E-state index >= 15 is 0 Å². The molecule has 0 N–H and O–H groups in total. The zero-order valence-electron chi connectivity index (χ0n) is 17.5. The van der Waals surface area contributed by atoms with Gasteiger partial charge in [-0.1, -0.05) is 37.8 Å². The molecule has 5 nitrogen and oxygen atoms in total. The molecule has 0 aromatic heterocycles. The minimum Gasteiger partial charge on any atom is -0.342 e. The zero-order chi connectivity index (χ0) is 20.5. The number of urea groups is 1. The van der Waals surface area contributed by atoms with Crippen LogP contribution in [0.4, 0.5) is 9.18 Å². The molecular weight excluding hydrogens is 369 g/mol. The number of benzene rings is 1. The highest BCUT2D eigenvalue weighted by molar-refractivity contribution is 5.77. The van der Waals surface area contributed by atoms with Crippen LogP contribution in [0.5, 0.6) is 0 Å². The molecule has 1 saturated carbocycles. The lowest BCUT2D eigenvalue weighted by Gasteiger charge is -2.32. The highest BCUT2D eigenvalue weighted by Crippen LogP contribution is 2.45. The Morgan fingerprint density at radius 1 is 1.14 bits per heavy atom. The number of fused-ring (bicyclic) bond motifs is 1. The second kappa shape index (κ2) is 8.33. The van der Waals surface area contributed by atoms with Gasteiger partial charge in [0.05, 0.1) is 6.04 Å². The van der Waals surface area contributed by atoms with Gasteiger partial charge in [-0.05, 0) is 30.0 Å². The van der Waals surface area contributed by atoms with Crippen LogP contribution in [-0.2, 0) is 4.79 Å². The van der Waals surface area contributed by atoms with E-state index in [1.807, 2.05) is 15.9 Å². The summed E-state index contributed by atoms with van der Waals surface area (Å²) >= 11 is 0. The van der Waals surface area contributed by atoms with E-state index in [0.717, 1.165) is 12.0 Å². The van der Waals surface area contributed by atoms with Crippen LogP contribution in [0.2, 0.25) is 0 Å². The van der Waals surface area contributed by atoms with E-state index in [1.165, 1.54) is 37.8 Å². The first-order valence-electron chi connectivity index (χ1n) is 10.9. The number of likely N-dealkylation sites (tertiary alicyclic amines) is 2. The smallest absolute Gasteiger partial charge is 0.320 e. The van der Waals surface area contributed by atoms with Crippen molar-refractivity contribution >= 4 is 11.9 Å². The van der Waals surface area contributed by atoms with Crippen molar-refractivity contribution in [1.29, 1.82) is 0 Å². The maximum atomic E-state index is 13.9. The fourth-order valence-electron chi connectivity index (χ4n) is 5.60. The van der Waals surface area contributed by atoms with Gasteiger partial charge in [0.15, 0.2) is 0 Å². The van der Waals surface area contributed by atoms with E-state index in [9.17, 15) is 14.0 Å². The lowest BCUT2D eigenvalue weighted by atomic mass is 9.89. The molecule has 0 bridgehead atoms. The number of carbonyl (C=O) groups excluding carboxylic acids is 2. The van der Waals surface area contributed by atoms with Crippen molar-refractivity contribution in [2.45, 2.75) is 44.6 Å². The Morgan fingerprint density at radius 3 is 2.59 bits per heavy atom. The van der Waals surface area contributed by atoms with Crippen LogP contribution in [0.25, 0.3) is 0 Å². The highest BCUT2D eigenvalue weighted by Gasteiger charge is 2.50. The Hall–Kier alpha value is -2.11. The van der Waals surface area contributed by atoms with E-state index in [-0.39, 0.29) is 35.6 Å². The van der Waals surface area contributed by atoms with Crippen molar-refractivity contribution in [2.24, 2.45) is 17.8 Å². The van der Waals surface area contributed by atoms with Gasteiger partial charge in [-0.2, -0.15) is 0 Å². The predicted octanol–water partition coefficient (Wildman–Crippen LogP) is 3.91. The fraction of sp³-hybridized carbons (Fsp3) is 0.652. The molecular formula is C23H32FN3O2. The van der Waals surface area contributed by atoms with Gasteiger partial charge in [0, 0.05) is 52.0 Å². The van der Waals surface area contributed by atoms with Crippen LogP contribution >= 0.6 is 0 Å². The summed E-state index contributed by atoms with van der Waals surface area (Å²) in [4.78, 5) is 31.1. The molecule has 158 valence electrons. The molecule has 0 unspecified atom stereocenters. The largest absolute Gasteiger partial charge is 0.342 e. The quantitative estimate of drug-likeness (QED) is 0.768. The van der Waals surface area contributed by atoms with Gasteiger partial charge in [-0.3, -0.25) is 4.79 Å². The molecule has 3 amide bonds. The molecule has 0 radical (unpaired) electrons. The molecule has 2 aliphatic heterocycles. The Morgan fingerprint density at radius 2 is 1.90 bits per heavy atom. The SMILES string of the molecule is CN(C)C(=O)N1C[C@H]2CN(C(=O)CCC3CCCC3)C[C@H]2[C@@H]1c1cccc(F)c1. The minimum absolute atomic E-state index is 0.0484.